The second-order valence-corrected chi connectivity index (χ2v) is 6.54. The molecule has 0 aromatic carbocycles. The minimum atomic E-state index is -0.133. The number of hydrogen-bond donors (Lipinski definition) is 2. The highest BCUT2D eigenvalue weighted by molar-refractivity contribution is 5.77. The van der Waals surface area contributed by atoms with E-state index in [0.29, 0.717) is 5.82 Å². The minimum Gasteiger partial charge on any atom is -0.392 e. The summed E-state index contributed by atoms with van der Waals surface area (Å²) >= 11 is 0. The molecule has 1 atom stereocenters. The molecule has 0 bridgehead atoms. The van der Waals surface area contributed by atoms with Crippen molar-refractivity contribution in [2.45, 2.75) is 19.9 Å². The summed E-state index contributed by atoms with van der Waals surface area (Å²) in [5.74, 6) is 0.594. The SMILES string of the molecule is [C-]#[N+]c1c(N)ncnc1NC(C)c1cc2c(C)cccn2c1-c1ccccn1. The predicted octanol–water partition coefficient (Wildman–Crippen LogP) is 4.41. The Morgan fingerprint density at radius 3 is 2.79 bits per heavy atom. The molecular formula is C21H19N7. The van der Waals surface area contributed by atoms with Crippen LogP contribution in [0.1, 0.15) is 24.1 Å². The Bertz CT molecular complexity index is 1190. The summed E-state index contributed by atoms with van der Waals surface area (Å²) in [7, 11) is 0. The van der Waals surface area contributed by atoms with Crippen molar-refractivity contribution in [3.05, 3.63) is 77.7 Å². The first kappa shape index (κ1) is 17.5. The average molecular weight is 369 g/mol. The fourth-order valence-electron chi connectivity index (χ4n) is 3.36. The van der Waals surface area contributed by atoms with E-state index in [1.807, 2.05) is 37.4 Å². The maximum Gasteiger partial charge on any atom is 0.268 e. The summed E-state index contributed by atoms with van der Waals surface area (Å²) in [6.07, 6.45) is 5.18. The van der Waals surface area contributed by atoms with Crippen LogP contribution in [-0.4, -0.2) is 19.4 Å². The first-order valence-corrected chi connectivity index (χ1v) is 8.86. The number of nitrogens with one attached hydrogen (secondary N) is 1. The first-order chi connectivity index (χ1) is 13.6. The lowest BCUT2D eigenvalue weighted by molar-refractivity contribution is 0.874. The van der Waals surface area contributed by atoms with Crippen molar-refractivity contribution >= 4 is 22.8 Å². The molecule has 0 amide bonds. The molecule has 0 aliphatic heterocycles. The van der Waals surface area contributed by atoms with Gasteiger partial charge in [-0.05, 0) is 43.7 Å². The van der Waals surface area contributed by atoms with Crippen molar-refractivity contribution < 1.29 is 0 Å². The molecule has 1 unspecified atom stereocenters. The lowest BCUT2D eigenvalue weighted by Crippen LogP contribution is -2.10. The van der Waals surface area contributed by atoms with Crippen LogP contribution in [0.25, 0.3) is 21.7 Å². The van der Waals surface area contributed by atoms with E-state index in [0.717, 1.165) is 22.5 Å². The van der Waals surface area contributed by atoms with Gasteiger partial charge in [0.15, 0.2) is 0 Å². The maximum absolute atomic E-state index is 7.38. The van der Waals surface area contributed by atoms with Crippen LogP contribution < -0.4 is 11.1 Å². The Morgan fingerprint density at radius 2 is 2.04 bits per heavy atom. The van der Waals surface area contributed by atoms with Crippen LogP contribution >= 0.6 is 0 Å². The minimum absolute atomic E-state index is 0.133. The van der Waals surface area contributed by atoms with Gasteiger partial charge in [0.05, 0.1) is 24.0 Å². The van der Waals surface area contributed by atoms with Gasteiger partial charge in [0, 0.05) is 23.5 Å². The van der Waals surface area contributed by atoms with E-state index < -0.39 is 0 Å². The molecule has 138 valence electrons. The number of anilines is 2. The molecule has 0 saturated heterocycles. The van der Waals surface area contributed by atoms with Crippen molar-refractivity contribution in [3.8, 4) is 11.4 Å². The summed E-state index contributed by atoms with van der Waals surface area (Å²) in [4.78, 5) is 16.1. The van der Waals surface area contributed by atoms with E-state index in [4.69, 9.17) is 12.3 Å². The van der Waals surface area contributed by atoms with Crippen molar-refractivity contribution in [2.75, 3.05) is 11.1 Å². The Morgan fingerprint density at radius 1 is 1.18 bits per heavy atom. The molecule has 7 heteroatoms. The molecule has 7 nitrogen and oxygen atoms in total. The molecule has 0 radical (unpaired) electrons. The number of nitrogens with two attached hydrogens (primary N) is 1. The summed E-state index contributed by atoms with van der Waals surface area (Å²) in [6, 6.07) is 12.0. The Labute approximate surface area is 162 Å². The van der Waals surface area contributed by atoms with E-state index in [1.54, 1.807) is 6.20 Å². The van der Waals surface area contributed by atoms with Crippen LogP contribution in [-0.2, 0) is 0 Å². The maximum atomic E-state index is 7.38. The largest absolute Gasteiger partial charge is 0.392 e. The zero-order chi connectivity index (χ0) is 19.7. The second-order valence-electron chi connectivity index (χ2n) is 6.54. The quantitative estimate of drug-likeness (QED) is 0.521. The van der Waals surface area contributed by atoms with E-state index in [-0.39, 0.29) is 17.5 Å². The van der Waals surface area contributed by atoms with Gasteiger partial charge in [0.1, 0.15) is 18.0 Å². The van der Waals surface area contributed by atoms with Gasteiger partial charge in [-0.2, -0.15) is 0 Å². The fraction of sp³-hybridized carbons (Fsp3) is 0.143. The van der Waals surface area contributed by atoms with Crippen molar-refractivity contribution in [2.24, 2.45) is 0 Å². The molecule has 0 saturated carbocycles. The lowest BCUT2D eigenvalue weighted by atomic mass is 10.1. The van der Waals surface area contributed by atoms with Crippen LogP contribution in [0.15, 0.2) is 55.1 Å². The number of nitrogen functional groups attached to an aromatic ring is 1. The van der Waals surface area contributed by atoms with Gasteiger partial charge in [-0.1, -0.05) is 12.1 Å². The van der Waals surface area contributed by atoms with E-state index in [9.17, 15) is 0 Å². The van der Waals surface area contributed by atoms with Crippen molar-refractivity contribution in [1.29, 1.82) is 0 Å². The lowest BCUT2D eigenvalue weighted by Gasteiger charge is -2.17. The van der Waals surface area contributed by atoms with E-state index in [2.05, 4.69) is 48.6 Å². The highest BCUT2D eigenvalue weighted by Gasteiger charge is 2.20. The topological polar surface area (TPSA) is 85.5 Å². The first-order valence-electron chi connectivity index (χ1n) is 8.86. The third-order valence-corrected chi connectivity index (χ3v) is 4.74. The highest BCUT2D eigenvalue weighted by Crippen LogP contribution is 2.35. The van der Waals surface area contributed by atoms with Crippen molar-refractivity contribution in [1.82, 2.24) is 19.4 Å². The number of aromatic nitrogens is 4. The van der Waals surface area contributed by atoms with Gasteiger partial charge in [-0.25, -0.2) is 14.8 Å². The molecule has 4 rings (SSSR count). The third-order valence-electron chi connectivity index (χ3n) is 4.74. The fourth-order valence-corrected chi connectivity index (χ4v) is 3.36. The summed E-state index contributed by atoms with van der Waals surface area (Å²) in [5.41, 5.74) is 11.3. The van der Waals surface area contributed by atoms with Gasteiger partial charge in [0.25, 0.3) is 5.69 Å². The number of hydrogen-bond acceptors (Lipinski definition) is 5. The molecule has 0 aliphatic carbocycles. The van der Waals surface area contributed by atoms with Crippen molar-refractivity contribution in [3.63, 3.8) is 0 Å². The number of nitrogens with zero attached hydrogens (tertiary/aromatic N) is 5. The molecular weight excluding hydrogens is 350 g/mol. The number of pyridine rings is 2. The standard InChI is InChI=1S/C21H19N7/c1-13-7-6-10-28-17(13)11-15(19(28)16-8-4-5-9-24-16)14(2)27-21-18(23-3)20(22)25-12-26-21/h4-12,14H,1-2H3,(H3,22,25,26,27). The molecule has 4 aromatic rings. The monoisotopic (exact) mass is 369 g/mol. The molecule has 0 fully saturated rings. The number of rotatable bonds is 4. The zero-order valence-electron chi connectivity index (χ0n) is 15.6. The second kappa shape index (κ2) is 7.00. The summed E-state index contributed by atoms with van der Waals surface area (Å²) in [5, 5.41) is 3.32. The Balaban J connectivity index is 1.86. The number of aryl methyl sites for hydroxylation is 1. The Hall–Kier alpha value is -3.92. The normalized spacial score (nSPS) is 11.9. The third kappa shape index (κ3) is 2.91. The van der Waals surface area contributed by atoms with Gasteiger partial charge >= 0.3 is 0 Å². The summed E-state index contributed by atoms with van der Waals surface area (Å²) < 4.78 is 2.15. The molecule has 28 heavy (non-hydrogen) atoms. The molecule has 3 N–H and O–H groups in total. The van der Waals surface area contributed by atoms with E-state index in [1.165, 1.54) is 11.9 Å². The van der Waals surface area contributed by atoms with Gasteiger partial charge in [-0.15, -0.1) is 0 Å². The van der Waals surface area contributed by atoms with Crippen LogP contribution in [0.3, 0.4) is 0 Å². The average Bonchev–Trinajstić information content (AvgIpc) is 3.10. The molecule has 0 spiro atoms. The van der Waals surface area contributed by atoms with Crippen LogP contribution in [0.2, 0.25) is 0 Å². The van der Waals surface area contributed by atoms with Crippen LogP contribution in [0, 0.1) is 13.5 Å². The highest BCUT2D eigenvalue weighted by atomic mass is 15.1. The molecule has 4 heterocycles. The van der Waals surface area contributed by atoms with Gasteiger partial charge in [0.2, 0.25) is 0 Å². The number of fused-ring (bicyclic) bond motifs is 1. The molecule has 4 aromatic heterocycles. The van der Waals surface area contributed by atoms with Crippen LogP contribution in [0.5, 0.6) is 0 Å². The zero-order valence-corrected chi connectivity index (χ0v) is 15.6. The van der Waals surface area contributed by atoms with E-state index >= 15 is 0 Å². The predicted molar refractivity (Wildman–Crippen MR) is 110 cm³/mol. The van der Waals surface area contributed by atoms with Crippen LogP contribution in [0.4, 0.5) is 17.3 Å². The summed E-state index contributed by atoms with van der Waals surface area (Å²) in [6.45, 7) is 11.5. The smallest absolute Gasteiger partial charge is 0.268 e. The Kier molecular flexibility index (Phi) is 4.38. The molecule has 0 aliphatic rings. The van der Waals surface area contributed by atoms with Gasteiger partial charge in [-0.3, -0.25) is 4.98 Å². The van der Waals surface area contributed by atoms with Gasteiger partial charge < -0.3 is 15.5 Å².